The number of imide groups is 1. The van der Waals surface area contributed by atoms with Crippen molar-refractivity contribution in [3.63, 3.8) is 0 Å². The van der Waals surface area contributed by atoms with E-state index in [4.69, 9.17) is 0 Å². The SMILES string of the molecule is Cl.Cl.O=C(NCCC1CCNC1)c1ccc2c(c1)C(=O)N(Cc1ccncc1)C2=O. The number of aromatic nitrogens is 1. The van der Waals surface area contributed by atoms with E-state index in [1.165, 1.54) is 11.0 Å². The van der Waals surface area contributed by atoms with Crippen LogP contribution in [0.4, 0.5) is 0 Å². The van der Waals surface area contributed by atoms with Crippen molar-refractivity contribution in [3.05, 3.63) is 65.0 Å². The Bertz CT molecular complexity index is 918. The number of halogens is 2. The molecule has 1 saturated heterocycles. The van der Waals surface area contributed by atoms with Gasteiger partial charge in [-0.3, -0.25) is 24.3 Å². The lowest BCUT2D eigenvalue weighted by Gasteiger charge is -2.13. The Balaban J connectivity index is 0.00000160. The van der Waals surface area contributed by atoms with E-state index in [2.05, 4.69) is 15.6 Å². The highest BCUT2D eigenvalue weighted by Gasteiger charge is 2.36. The Labute approximate surface area is 187 Å². The number of pyridine rings is 1. The number of fused-ring (bicyclic) bond motifs is 1. The van der Waals surface area contributed by atoms with Gasteiger partial charge in [-0.15, -0.1) is 24.8 Å². The lowest BCUT2D eigenvalue weighted by molar-refractivity contribution is 0.0642. The van der Waals surface area contributed by atoms with Crippen LogP contribution in [0.1, 0.15) is 49.5 Å². The summed E-state index contributed by atoms with van der Waals surface area (Å²) < 4.78 is 0. The molecule has 0 bridgehead atoms. The van der Waals surface area contributed by atoms with Crippen LogP contribution >= 0.6 is 24.8 Å². The molecule has 1 aromatic carbocycles. The van der Waals surface area contributed by atoms with Gasteiger partial charge in [0.05, 0.1) is 17.7 Å². The topological polar surface area (TPSA) is 91.4 Å². The minimum absolute atomic E-state index is 0. The van der Waals surface area contributed by atoms with Crippen molar-refractivity contribution in [1.82, 2.24) is 20.5 Å². The van der Waals surface area contributed by atoms with Crippen molar-refractivity contribution in [2.45, 2.75) is 19.4 Å². The third-order valence-electron chi connectivity index (χ3n) is 5.32. The Kier molecular flexibility index (Phi) is 8.34. The molecule has 0 spiro atoms. The van der Waals surface area contributed by atoms with Crippen LogP contribution in [0.15, 0.2) is 42.7 Å². The molecule has 3 heterocycles. The molecule has 160 valence electrons. The fraction of sp³-hybridized carbons (Fsp3) is 0.333. The summed E-state index contributed by atoms with van der Waals surface area (Å²) >= 11 is 0. The number of hydrogen-bond acceptors (Lipinski definition) is 5. The molecule has 9 heteroatoms. The molecule has 0 radical (unpaired) electrons. The minimum atomic E-state index is -0.372. The number of rotatable bonds is 6. The van der Waals surface area contributed by atoms with Gasteiger partial charge in [-0.25, -0.2) is 0 Å². The largest absolute Gasteiger partial charge is 0.352 e. The van der Waals surface area contributed by atoms with Gasteiger partial charge in [-0.1, -0.05) is 0 Å². The van der Waals surface area contributed by atoms with Crippen LogP contribution in [0.5, 0.6) is 0 Å². The van der Waals surface area contributed by atoms with E-state index < -0.39 is 0 Å². The van der Waals surface area contributed by atoms with Crippen molar-refractivity contribution in [3.8, 4) is 0 Å². The highest BCUT2D eigenvalue weighted by molar-refractivity contribution is 6.22. The van der Waals surface area contributed by atoms with Crippen LogP contribution < -0.4 is 10.6 Å². The standard InChI is InChI=1S/C21H22N4O3.2ClH/c26-19(24-10-6-14-3-9-23-12-14)16-1-2-17-18(11-16)21(28)25(20(17)27)13-15-4-7-22-8-5-15;;/h1-2,4-5,7-8,11,14,23H,3,6,9-10,12-13H2,(H,24,26);2*1H. The molecule has 4 rings (SSSR count). The van der Waals surface area contributed by atoms with Crippen LogP contribution in [0.25, 0.3) is 0 Å². The molecule has 1 aromatic heterocycles. The number of carbonyl (C=O) groups excluding carboxylic acids is 3. The van der Waals surface area contributed by atoms with E-state index in [1.54, 1.807) is 36.7 Å². The van der Waals surface area contributed by atoms with Crippen LogP contribution in [0.3, 0.4) is 0 Å². The molecule has 3 amide bonds. The molecule has 2 aliphatic heterocycles. The van der Waals surface area contributed by atoms with Gasteiger partial charge >= 0.3 is 0 Å². The van der Waals surface area contributed by atoms with Gasteiger partial charge in [0.15, 0.2) is 0 Å². The third kappa shape index (κ3) is 4.98. The Morgan fingerprint density at radius 2 is 1.83 bits per heavy atom. The maximum absolute atomic E-state index is 12.7. The second-order valence-electron chi connectivity index (χ2n) is 7.22. The van der Waals surface area contributed by atoms with Gasteiger partial charge in [0.2, 0.25) is 0 Å². The first-order valence-corrected chi connectivity index (χ1v) is 9.51. The van der Waals surface area contributed by atoms with Gasteiger partial charge in [-0.05, 0) is 67.7 Å². The number of nitrogens with zero attached hydrogens (tertiary/aromatic N) is 2. The fourth-order valence-electron chi connectivity index (χ4n) is 3.70. The molecular formula is C21H24Cl2N4O3. The summed E-state index contributed by atoms with van der Waals surface area (Å²) in [5.74, 6) is -0.330. The predicted octanol–water partition coefficient (Wildman–Crippen LogP) is 2.45. The van der Waals surface area contributed by atoms with Crippen molar-refractivity contribution < 1.29 is 14.4 Å². The zero-order valence-corrected chi connectivity index (χ0v) is 17.9. The second-order valence-corrected chi connectivity index (χ2v) is 7.22. The molecule has 1 fully saturated rings. The molecule has 7 nitrogen and oxygen atoms in total. The molecular weight excluding hydrogens is 427 g/mol. The van der Waals surface area contributed by atoms with E-state index in [0.717, 1.165) is 31.5 Å². The predicted molar refractivity (Wildman–Crippen MR) is 117 cm³/mol. The maximum Gasteiger partial charge on any atom is 0.261 e. The molecule has 0 saturated carbocycles. The molecule has 2 N–H and O–H groups in total. The first-order valence-electron chi connectivity index (χ1n) is 9.51. The van der Waals surface area contributed by atoms with E-state index in [-0.39, 0.29) is 54.6 Å². The Morgan fingerprint density at radius 1 is 1.10 bits per heavy atom. The normalized spacial score (nSPS) is 17.2. The highest BCUT2D eigenvalue weighted by Crippen LogP contribution is 2.25. The summed E-state index contributed by atoms with van der Waals surface area (Å²) in [7, 11) is 0. The van der Waals surface area contributed by atoms with E-state index in [0.29, 0.717) is 23.6 Å². The third-order valence-corrected chi connectivity index (χ3v) is 5.32. The number of nitrogens with one attached hydrogen (secondary N) is 2. The number of benzene rings is 1. The zero-order chi connectivity index (χ0) is 19.5. The van der Waals surface area contributed by atoms with Crippen molar-refractivity contribution in [1.29, 1.82) is 0 Å². The minimum Gasteiger partial charge on any atom is -0.352 e. The summed E-state index contributed by atoms with van der Waals surface area (Å²) in [6.07, 6.45) is 5.31. The molecule has 30 heavy (non-hydrogen) atoms. The molecule has 2 aromatic rings. The van der Waals surface area contributed by atoms with E-state index >= 15 is 0 Å². The van der Waals surface area contributed by atoms with Crippen LogP contribution in [-0.4, -0.2) is 47.2 Å². The molecule has 0 aliphatic carbocycles. The van der Waals surface area contributed by atoms with Gasteiger partial charge in [0.1, 0.15) is 0 Å². The molecule has 1 unspecified atom stereocenters. The highest BCUT2D eigenvalue weighted by atomic mass is 35.5. The number of hydrogen-bond donors (Lipinski definition) is 2. The lowest BCUT2D eigenvalue weighted by atomic mass is 10.0. The van der Waals surface area contributed by atoms with Gasteiger partial charge in [0.25, 0.3) is 17.7 Å². The summed E-state index contributed by atoms with van der Waals surface area (Å²) in [6, 6.07) is 8.23. The van der Waals surface area contributed by atoms with Crippen molar-refractivity contribution in [2.75, 3.05) is 19.6 Å². The summed E-state index contributed by atoms with van der Waals surface area (Å²) in [6.45, 7) is 2.82. The number of carbonyl (C=O) groups is 3. The fourth-order valence-corrected chi connectivity index (χ4v) is 3.70. The van der Waals surface area contributed by atoms with Gasteiger partial charge < -0.3 is 10.6 Å². The van der Waals surface area contributed by atoms with Crippen molar-refractivity contribution in [2.24, 2.45) is 5.92 Å². The second kappa shape index (κ2) is 10.5. The first-order chi connectivity index (χ1) is 13.6. The van der Waals surface area contributed by atoms with Crippen molar-refractivity contribution >= 4 is 42.5 Å². The average molecular weight is 451 g/mol. The van der Waals surface area contributed by atoms with Gasteiger partial charge in [-0.2, -0.15) is 0 Å². The first kappa shape index (κ1) is 23.8. The molecule has 1 atom stereocenters. The smallest absolute Gasteiger partial charge is 0.261 e. The average Bonchev–Trinajstić information content (AvgIpc) is 3.31. The summed E-state index contributed by atoms with van der Waals surface area (Å²) in [4.78, 5) is 42.9. The maximum atomic E-state index is 12.7. The van der Waals surface area contributed by atoms with Crippen LogP contribution in [-0.2, 0) is 6.54 Å². The Hall–Kier alpha value is -2.48. The summed E-state index contributed by atoms with van der Waals surface area (Å²) in [5.41, 5.74) is 1.85. The Morgan fingerprint density at radius 3 is 2.53 bits per heavy atom. The monoisotopic (exact) mass is 450 g/mol. The lowest BCUT2D eigenvalue weighted by Crippen LogP contribution is -2.29. The molecule has 2 aliphatic rings. The van der Waals surface area contributed by atoms with Gasteiger partial charge in [0, 0.05) is 24.5 Å². The van der Waals surface area contributed by atoms with E-state index in [1.807, 2.05) is 0 Å². The van der Waals surface area contributed by atoms with Crippen LogP contribution in [0.2, 0.25) is 0 Å². The zero-order valence-electron chi connectivity index (χ0n) is 16.3. The van der Waals surface area contributed by atoms with Crippen LogP contribution in [0, 0.1) is 5.92 Å². The quantitative estimate of drug-likeness (QED) is 0.659. The summed E-state index contributed by atoms with van der Waals surface area (Å²) in [5, 5.41) is 6.22. The van der Waals surface area contributed by atoms with E-state index in [9.17, 15) is 14.4 Å². The number of amides is 3.